The molecule has 22 heavy (non-hydrogen) atoms. The normalized spacial score (nSPS) is 10.5. The van der Waals surface area contributed by atoms with Crippen molar-refractivity contribution in [2.24, 2.45) is 0 Å². The summed E-state index contributed by atoms with van der Waals surface area (Å²) in [6.07, 6.45) is 1.55. The molecule has 0 aliphatic carbocycles. The van der Waals surface area contributed by atoms with Crippen LogP contribution in [0.3, 0.4) is 0 Å². The summed E-state index contributed by atoms with van der Waals surface area (Å²) in [5.74, 6) is 1.99. The molecule has 0 saturated heterocycles. The number of halogens is 2. The summed E-state index contributed by atoms with van der Waals surface area (Å²) < 4.78 is 12.5. The van der Waals surface area contributed by atoms with Gasteiger partial charge >= 0.3 is 0 Å². The van der Waals surface area contributed by atoms with E-state index in [0.717, 1.165) is 14.4 Å². The third-order valence-corrected chi connectivity index (χ3v) is 4.58. The number of pyridine rings is 1. The van der Waals surface area contributed by atoms with Crippen LogP contribution in [0.25, 0.3) is 0 Å². The Balaban J connectivity index is 1.59. The number of ether oxygens (including phenoxy) is 2. The van der Waals surface area contributed by atoms with Crippen molar-refractivity contribution in [1.82, 2.24) is 4.98 Å². The Morgan fingerprint density at radius 2 is 1.77 bits per heavy atom. The second-order valence-corrected chi connectivity index (χ2v) is 7.37. The molecule has 2 aromatic heterocycles. The van der Waals surface area contributed by atoms with Crippen LogP contribution in [0.4, 0.5) is 0 Å². The fourth-order valence-electron chi connectivity index (χ4n) is 1.73. The van der Waals surface area contributed by atoms with Crippen molar-refractivity contribution in [3.63, 3.8) is 0 Å². The van der Waals surface area contributed by atoms with Crippen molar-refractivity contribution >= 4 is 38.9 Å². The van der Waals surface area contributed by atoms with Gasteiger partial charge in [-0.3, -0.25) is 0 Å². The molecule has 0 saturated carbocycles. The van der Waals surface area contributed by atoms with E-state index in [4.69, 9.17) is 21.1 Å². The molecule has 112 valence electrons. The summed E-state index contributed by atoms with van der Waals surface area (Å²) in [4.78, 5) is 5.25. The number of thiophene rings is 1. The third-order valence-electron chi connectivity index (χ3n) is 2.76. The van der Waals surface area contributed by atoms with Gasteiger partial charge in [0.2, 0.25) is 5.88 Å². The fourth-order valence-corrected chi connectivity index (χ4v) is 3.24. The van der Waals surface area contributed by atoms with Crippen molar-refractivity contribution in [3.05, 3.63) is 68.4 Å². The van der Waals surface area contributed by atoms with Crippen LogP contribution in [0, 0.1) is 0 Å². The van der Waals surface area contributed by atoms with E-state index < -0.39 is 0 Å². The molecule has 0 aliphatic rings. The number of hydrogen-bond acceptors (Lipinski definition) is 4. The van der Waals surface area contributed by atoms with Crippen LogP contribution < -0.4 is 9.47 Å². The van der Waals surface area contributed by atoms with Crippen LogP contribution in [-0.2, 0) is 6.61 Å². The maximum atomic E-state index is 5.79. The summed E-state index contributed by atoms with van der Waals surface area (Å²) >= 11 is 10.9. The van der Waals surface area contributed by atoms with Gasteiger partial charge in [-0.25, -0.2) is 4.98 Å². The molecule has 0 atom stereocenters. The van der Waals surface area contributed by atoms with Gasteiger partial charge < -0.3 is 9.47 Å². The number of hydrogen-bond donors (Lipinski definition) is 0. The molecule has 0 aliphatic heterocycles. The minimum absolute atomic E-state index is 0.501. The van der Waals surface area contributed by atoms with Gasteiger partial charge in [0.25, 0.3) is 0 Å². The Morgan fingerprint density at radius 3 is 2.41 bits per heavy atom. The second kappa shape index (κ2) is 7.13. The van der Waals surface area contributed by atoms with E-state index in [1.165, 1.54) is 0 Å². The van der Waals surface area contributed by atoms with Crippen molar-refractivity contribution < 1.29 is 9.47 Å². The first-order valence-corrected chi connectivity index (χ1v) is 8.44. The van der Waals surface area contributed by atoms with E-state index in [-0.39, 0.29) is 0 Å². The minimum atomic E-state index is 0.501. The molecule has 0 fully saturated rings. The van der Waals surface area contributed by atoms with E-state index in [9.17, 15) is 0 Å². The monoisotopic (exact) mass is 395 g/mol. The van der Waals surface area contributed by atoms with Crippen LogP contribution in [0.15, 0.2) is 58.5 Å². The zero-order valence-electron chi connectivity index (χ0n) is 11.3. The van der Waals surface area contributed by atoms with Crippen LogP contribution in [-0.4, -0.2) is 4.98 Å². The van der Waals surface area contributed by atoms with E-state index in [1.54, 1.807) is 29.7 Å². The standard InChI is InChI=1S/C16H11BrClNO2S/c17-15-7-6-14(22-15)10-20-12-2-4-13(5-3-12)21-16-8-1-11(18)9-19-16/h1-9H,10H2. The predicted octanol–water partition coefficient (Wildman–Crippen LogP) is 5.93. The molecular weight excluding hydrogens is 386 g/mol. The van der Waals surface area contributed by atoms with E-state index in [1.807, 2.05) is 36.4 Å². The van der Waals surface area contributed by atoms with Gasteiger partial charge in [0, 0.05) is 17.1 Å². The van der Waals surface area contributed by atoms with Crippen LogP contribution in [0.2, 0.25) is 5.02 Å². The van der Waals surface area contributed by atoms with Gasteiger partial charge in [0.15, 0.2) is 0 Å². The summed E-state index contributed by atoms with van der Waals surface area (Å²) in [6.45, 7) is 0.551. The topological polar surface area (TPSA) is 31.4 Å². The molecule has 0 amide bonds. The average Bonchev–Trinajstić information content (AvgIpc) is 2.94. The van der Waals surface area contributed by atoms with Gasteiger partial charge in [-0.2, -0.15) is 0 Å². The van der Waals surface area contributed by atoms with Gasteiger partial charge in [-0.1, -0.05) is 11.6 Å². The van der Waals surface area contributed by atoms with Crippen LogP contribution in [0.1, 0.15) is 4.88 Å². The highest BCUT2D eigenvalue weighted by molar-refractivity contribution is 9.11. The van der Waals surface area contributed by atoms with Crippen molar-refractivity contribution in [1.29, 1.82) is 0 Å². The van der Waals surface area contributed by atoms with Gasteiger partial charge in [0.05, 0.1) is 8.81 Å². The Bertz CT molecular complexity index is 744. The number of benzene rings is 1. The lowest BCUT2D eigenvalue weighted by molar-refractivity contribution is 0.309. The molecule has 0 N–H and O–H groups in total. The minimum Gasteiger partial charge on any atom is -0.488 e. The Labute approximate surface area is 145 Å². The lowest BCUT2D eigenvalue weighted by Gasteiger charge is -2.07. The highest BCUT2D eigenvalue weighted by Crippen LogP contribution is 2.26. The average molecular weight is 397 g/mol. The van der Waals surface area contributed by atoms with Crippen molar-refractivity contribution in [2.45, 2.75) is 6.61 Å². The van der Waals surface area contributed by atoms with Crippen molar-refractivity contribution in [2.75, 3.05) is 0 Å². The molecule has 3 rings (SSSR count). The molecule has 3 nitrogen and oxygen atoms in total. The highest BCUT2D eigenvalue weighted by atomic mass is 79.9. The summed E-state index contributed by atoms with van der Waals surface area (Å²) in [6, 6.07) is 14.9. The Kier molecular flexibility index (Phi) is 4.97. The Hall–Kier alpha value is -1.56. The zero-order valence-corrected chi connectivity index (χ0v) is 14.5. The maximum Gasteiger partial charge on any atom is 0.219 e. The quantitative estimate of drug-likeness (QED) is 0.535. The molecule has 0 unspecified atom stereocenters. The maximum absolute atomic E-state index is 5.79. The molecule has 1 aromatic carbocycles. The summed E-state index contributed by atoms with van der Waals surface area (Å²) in [7, 11) is 0. The largest absolute Gasteiger partial charge is 0.488 e. The summed E-state index contributed by atoms with van der Waals surface area (Å²) in [5.41, 5.74) is 0. The molecule has 3 aromatic rings. The molecule has 0 bridgehead atoms. The molecule has 0 spiro atoms. The number of rotatable bonds is 5. The lowest BCUT2D eigenvalue weighted by Crippen LogP contribution is -1.93. The van der Waals surface area contributed by atoms with Gasteiger partial charge in [-0.15, -0.1) is 11.3 Å². The van der Waals surface area contributed by atoms with E-state index in [2.05, 4.69) is 20.9 Å². The predicted molar refractivity (Wildman–Crippen MR) is 92.1 cm³/mol. The molecule has 0 radical (unpaired) electrons. The van der Waals surface area contributed by atoms with Crippen LogP contribution in [0.5, 0.6) is 17.4 Å². The second-order valence-electron chi connectivity index (χ2n) is 4.38. The van der Waals surface area contributed by atoms with Crippen LogP contribution >= 0.6 is 38.9 Å². The first kappa shape index (κ1) is 15.3. The van der Waals surface area contributed by atoms with E-state index in [0.29, 0.717) is 23.3 Å². The van der Waals surface area contributed by atoms with Gasteiger partial charge in [-0.05, 0) is 58.4 Å². The molecule has 2 heterocycles. The first-order chi connectivity index (χ1) is 10.7. The van der Waals surface area contributed by atoms with E-state index >= 15 is 0 Å². The van der Waals surface area contributed by atoms with Gasteiger partial charge in [0.1, 0.15) is 18.1 Å². The zero-order chi connectivity index (χ0) is 15.4. The lowest BCUT2D eigenvalue weighted by atomic mass is 10.3. The smallest absolute Gasteiger partial charge is 0.219 e. The van der Waals surface area contributed by atoms with Crippen molar-refractivity contribution in [3.8, 4) is 17.4 Å². The SMILES string of the molecule is Clc1ccc(Oc2ccc(OCc3ccc(Br)s3)cc2)nc1. The Morgan fingerprint density at radius 1 is 1.00 bits per heavy atom. The number of aromatic nitrogens is 1. The first-order valence-electron chi connectivity index (χ1n) is 6.45. The highest BCUT2D eigenvalue weighted by Gasteiger charge is 2.02. The molecular formula is C16H11BrClNO2S. The molecule has 6 heteroatoms. The third kappa shape index (κ3) is 4.22. The summed E-state index contributed by atoms with van der Waals surface area (Å²) in [5, 5.41) is 0.580. The number of nitrogens with zero attached hydrogens (tertiary/aromatic N) is 1. The fraction of sp³-hybridized carbons (Fsp3) is 0.0625.